The summed E-state index contributed by atoms with van der Waals surface area (Å²) in [5, 5.41) is 6.42. The van der Waals surface area contributed by atoms with Gasteiger partial charge in [0.15, 0.2) is 0 Å². The average Bonchev–Trinajstić information content (AvgIpc) is 3.33. The number of thiophene rings is 2. The third kappa shape index (κ3) is 3.68. The lowest BCUT2D eigenvalue weighted by molar-refractivity contribution is -0.120. The minimum absolute atomic E-state index is 0.226. The summed E-state index contributed by atoms with van der Waals surface area (Å²) < 4.78 is 31.9. The van der Waals surface area contributed by atoms with Crippen molar-refractivity contribution in [3.8, 4) is 0 Å². The molecule has 1 N–H and O–H groups in total. The van der Waals surface area contributed by atoms with Crippen molar-refractivity contribution in [3.63, 3.8) is 0 Å². The number of amides is 1. The molecule has 0 spiro atoms. The predicted octanol–water partition coefficient (Wildman–Crippen LogP) is 2.78. The van der Waals surface area contributed by atoms with Crippen LogP contribution in [0.25, 0.3) is 0 Å². The molecule has 1 atom stereocenters. The molecule has 26 heavy (non-hydrogen) atoms. The monoisotopic (exact) mass is 414 g/mol. The van der Waals surface area contributed by atoms with Crippen molar-refractivity contribution in [2.75, 3.05) is 19.0 Å². The van der Waals surface area contributed by atoms with E-state index in [1.165, 1.54) is 28.8 Å². The van der Waals surface area contributed by atoms with Crippen molar-refractivity contribution in [2.45, 2.75) is 29.5 Å². The summed E-state index contributed by atoms with van der Waals surface area (Å²) in [7, 11) is -2.45. The second-order valence-corrected chi connectivity index (χ2v) is 9.68. The lowest BCUT2D eigenvalue weighted by Crippen LogP contribution is -2.49. The number of esters is 1. The first kappa shape index (κ1) is 19.0. The van der Waals surface area contributed by atoms with E-state index in [0.717, 1.165) is 17.8 Å². The van der Waals surface area contributed by atoms with Gasteiger partial charge >= 0.3 is 5.97 Å². The Morgan fingerprint density at radius 1 is 1.23 bits per heavy atom. The van der Waals surface area contributed by atoms with Gasteiger partial charge in [-0.05, 0) is 35.7 Å². The quantitative estimate of drug-likeness (QED) is 0.760. The fraction of sp³-hybridized carbons (Fsp3) is 0.375. The number of ether oxygens (including phenoxy) is 1. The zero-order chi connectivity index (χ0) is 18.7. The largest absolute Gasteiger partial charge is 0.465 e. The molecule has 1 aliphatic rings. The van der Waals surface area contributed by atoms with E-state index in [1.54, 1.807) is 22.9 Å². The summed E-state index contributed by atoms with van der Waals surface area (Å²) in [5.41, 5.74) is 0.259. The van der Waals surface area contributed by atoms with Gasteiger partial charge in [0, 0.05) is 6.54 Å². The number of hydrogen-bond donors (Lipinski definition) is 1. The van der Waals surface area contributed by atoms with E-state index in [1.807, 2.05) is 0 Å². The molecule has 1 amide bonds. The molecule has 1 saturated heterocycles. The zero-order valence-corrected chi connectivity index (χ0v) is 16.5. The molecule has 10 heteroatoms. The maximum atomic E-state index is 12.9. The Balaban J connectivity index is 1.83. The average molecular weight is 415 g/mol. The Labute approximate surface area is 159 Å². The van der Waals surface area contributed by atoms with Crippen LogP contribution in [0.1, 0.15) is 29.6 Å². The third-order valence-corrected chi connectivity index (χ3v) is 8.23. The molecule has 7 nitrogen and oxygen atoms in total. The van der Waals surface area contributed by atoms with Gasteiger partial charge in [-0.15, -0.1) is 22.7 Å². The molecular weight excluding hydrogens is 396 g/mol. The van der Waals surface area contributed by atoms with Crippen LogP contribution < -0.4 is 5.32 Å². The smallest absolute Gasteiger partial charge is 0.340 e. The maximum Gasteiger partial charge on any atom is 0.340 e. The summed E-state index contributed by atoms with van der Waals surface area (Å²) >= 11 is 2.32. The summed E-state index contributed by atoms with van der Waals surface area (Å²) in [6, 6.07) is 3.97. The number of carbonyl (C=O) groups excluding carboxylic acids is 2. The van der Waals surface area contributed by atoms with Crippen molar-refractivity contribution in [2.24, 2.45) is 0 Å². The van der Waals surface area contributed by atoms with Gasteiger partial charge in [-0.2, -0.15) is 4.31 Å². The summed E-state index contributed by atoms with van der Waals surface area (Å²) in [6.07, 6.45) is 1.92. The lowest BCUT2D eigenvalue weighted by Gasteiger charge is -2.33. The van der Waals surface area contributed by atoms with Gasteiger partial charge in [0.2, 0.25) is 5.91 Å². The molecule has 1 aliphatic heterocycles. The Hall–Kier alpha value is -1.75. The Kier molecular flexibility index (Phi) is 5.76. The second kappa shape index (κ2) is 7.87. The number of methoxy groups -OCH3 is 1. The maximum absolute atomic E-state index is 12.9. The van der Waals surface area contributed by atoms with Crippen LogP contribution in [0, 0.1) is 0 Å². The topological polar surface area (TPSA) is 92.8 Å². The van der Waals surface area contributed by atoms with Crippen molar-refractivity contribution < 1.29 is 22.7 Å². The summed E-state index contributed by atoms with van der Waals surface area (Å²) in [6.45, 7) is 0.298. The van der Waals surface area contributed by atoms with Gasteiger partial charge in [0.1, 0.15) is 15.3 Å². The minimum Gasteiger partial charge on any atom is -0.465 e. The first-order valence-corrected chi connectivity index (χ1v) is 11.2. The van der Waals surface area contributed by atoms with Gasteiger partial charge in [-0.3, -0.25) is 4.79 Å². The molecule has 3 rings (SSSR count). The van der Waals surface area contributed by atoms with E-state index in [4.69, 9.17) is 4.74 Å². The summed E-state index contributed by atoms with van der Waals surface area (Å²) in [5.74, 6) is -0.981. The molecule has 140 valence electrons. The normalized spacial score (nSPS) is 18.4. The van der Waals surface area contributed by atoms with Gasteiger partial charge in [-0.25, -0.2) is 13.2 Å². The van der Waals surface area contributed by atoms with Crippen molar-refractivity contribution in [1.82, 2.24) is 4.31 Å². The highest BCUT2D eigenvalue weighted by Crippen LogP contribution is 2.30. The second-order valence-electron chi connectivity index (χ2n) is 5.70. The van der Waals surface area contributed by atoms with E-state index in [2.05, 4.69) is 5.32 Å². The molecule has 0 bridgehead atoms. The first-order valence-electron chi connectivity index (χ1n) is 7.97. The van der Waals surface area contributed by atoms with Crippen molar-refractivity contribution in [3.05, 3.63) is 34.5 Å². The first-order chi connectivity index (χ1) is 12.4. The highest BCUT2D eigenvalue weighted by molar-refractivity contribution is 7.91. The van der Waals surface area contributed by atoms with Crippen LogP contribution in [0.3, 0.4) is 0 Å². The SMILES string of the molecule is COC(=O)c1ccsc1NC(=O)[C@H]1CCCCN1S(=O)(=O)c1cccs1. The highest BCUT2D eigenvalue weighted by atomic mass is 32.2. The van der Waals surface area contributed by atoms with Crippen LogP contribution in [0.2, 0.25) is 0 Å². The number of carbonyl (C=O) groups is 2. The van der Waals surface area contributed by atoms with Crippen LogP contribution in [-0.4, -0.2) is 44.3 Å². The van der Waals surface area contributed by atoms with Crippen molar-refractivity contribution >= 4 is 49.6 Å². The molecular formula is C16H18N2O5S3. The molecule has 1 fully saturated rings. The van der Waals surface area contributed by atoms with Crippen LogP contribution in [0.15, 0.2) is 33.2 Å². The van der Waals surface area contributed by atoms with Gasteiger partial charge < -0.3 is 10.1 Å². The van der Waals surface area contributed by atoms with Gasteiger partial charge in [0.05, 0.1) is 12.7 Å². The zero-order valence-electron chi connectivity index (χ0n) is 14.0. The van der Waals surface area contributed by atoms with E-state index in [9.17, 15) is 18.0 Å². The van der Waals surface area contributed by atoms with E-state index in [0.29, 0.717) is 24.4 Å². The fourth-order valence-electron chi connectivity index (χ4n) is 2.85. The number of nitrogens with one attached hydrogen (secondary N) is 1. The Morgan fingerprint density at radius 3 is 2.73 bits per heavy atom. The molecule has 3 heterocycles. The summed E-state index contributed by atoms with van der Waals surface area (Å²) in [4.78, 5) is 24.6. The standard InChI is InChI=1S/C16H18N2O5S3/c1-23-16(20)11-7-10-25-15(11)17-14(19)12-5-2-3-8-18(12)26(21,22)13-6-4-9-24-13/h4,6-7,9-10,12H,2-3,5,8H2,1H3,(H,17,19)/t12-/m1/s1. The van der Waals surface area contributed by atoms with E-state index in [-0.39, 0.29) is 9.77 Å². The number of hydrogen-bond acceptors (Lipinski definition) is 7. The van der Waals surface area contributed by atoms with E-state index < -0.39 is 27.9 Å². The van der Waals surface area contributed by atoms with Crippen LogP contribution >= 0.6 is 22.7 Å². The van der Waals surface area contributed by atoms with Crippen LogP contribution in [-0.2, 0) is 19.6 Å². The lowest BCUT2D eigenvalue weighted by atomic mass is 10.0. The number of rotatable bonds is 5. The molecule has 0 aromatic carbocycles. The molecule has 0 unspecified atom stereocenters. The molecule has 0 saturated carbocycles. The fourth-order valence-corrected chi connectivity index (χ4v) is 6.41. The highest BCUT2D eigenvalue weighted by Gasteiger charge is 2.38. The van der Waals surface area contributed by atoms with Gasteiger partial charge in [-0.1, -0.05) is 12.5 Å². The Bertz CT molecular complexity index is 889. The number of nitrogens with zero attached hydrogens (tertiary/aromatic N) is 1. The van der Waals surface area contributed by atoms with Gasteiger partial charge in [0.25, 0.3) is 10.0 Å². The predicted molar refractivity (Wildman–Crippen MR) is 100 cm³/mol. The third-order valence-electron chi connectivity index (χ3n) is 4.12. The van der Waals surface area contributed by atoms with E-state index >= 15 is 0 Å². The molecule has 0 aliphatic carbocycles. The van der Waals surface area contributed by atoms with Crippen LogP contribution in [0.4, 0.5) is 5.00 Å². The van der Waals surface area contributed by atoms with Crippen LogP contribution in [0.5, 0.6) is 0 Å². The number of sulfonamides is 1. The van der Waals surface area contributed by atoms with Crippen molar-refractivity contribution in [1.29, 1.82) is 0 Å². The number of anilines is 1. The molecule has 2 aromatic heterocycles. The Morgan fingerprint density at radius 2 is 2.04 bits per heavy atom. The minimum atomic E-state index is -3.72. The molecule has 2 aromatic rings. The number of piperidine rings is 1. The molecule has 0 radical (unpaired) electrons.